The Bertz CT molecular complexity index is 855. The van der Waals surface area contributed by atoms with E-state index >= 15 is 0 Å². The van der Waals surface area contributed by atoms with Crippen molar-refractivity contribution in [1.82, 2.24) is 4.98 Å². The molecule has 0 radical (unpaired) electrons. The van der Waals surface area contributed by atoms with Crippen molar-refractivity contribution < 1.29 is 0 Å². The lowest BCUT2D eigenvalue weighted by atomic mass is 10.1. The number of hydrogen-bond donors (Lipinski definition) is 0. The molecule has 1 fully saturated rings. The number of anilines is 1. The first-order valence-corrected chi connectivity index (χ1v) is 9.50. The summed E-state index contributed by atoms with van der Waals surface area (Å²) in [4.78, 5) is 7.18. The quantitative estimate of drug-likeness (QED) is 0.605. The number of aryl methyl sites for hydroxylation is 1. The molecule has 2 heterocycles. The number of thiazole rings is 1. The third kappa shape index (κ3) is 3.36. The first-order valence-electron chi connectivity index (χ1n) is 8.68. The molecular formula is C21H22N2S. The second kappa shape index (κ2) is 6.78. The maximum Gasteiger partial charge on any atom is 0.117 e. The van der Waals surface area contributed by atoms with Gasteiger partial charge in [-0.25, -0.2) is 4.98 Å². The fourth-order valence-electron chi connectivity index (χ4n) is 3.24. The van der Waals surface area contributed by atoms with Crippen LogP contribution in [0.15, 0.2) is 42.5 Å². The summed E-state index contributed by atoms with van der Waals surface area (Å²) in [5, 5.41) is 1.07. The summed E-state index contributed by atoms with van der Waals surface area (Å²) in [7, 11) is 0. The van der Waals surface area contributed by atoms with E-state index in [-0.39, 0.29) is 0 Å². The fraction of sp³-hybridized carbons (Fsp3) is 0.286. The van der Waals surface area contributed by atoms with Gasteiger partial charge in [0.2, 0.25) is 0 Å². The number of aromatic nitrogens is 1. The van der Waals surface area contributed by atoms with E-state index in [2.05, 4.69) is 71.4 Å². The maximum absolute atomic E-state index is 4.68. The Morgan fingerprint density at radius 2 is 1.75 bits per heavy atom. The van der Waals surface area contributed by atoms with E-state index in [1.807, 2.05) is 0 Å². The lowest BCUT2D eigenvalue weighted by molar-refractivity contribution is 0.578. The Morgan fingerprint density at radius 3 is 2.54 bits per heavy atom. The van der Waals surface area contributed by atoms with Gasteiger partial charge in [-0.05, 0) is 67.7 Å². The van der Waals surface area contributed by atoms with Crippen LogP contribution < -0.4 is 4.90 Å². The highest BCUT2D eigenvalue weighted by molar-refractivity contribution is 7.19. The zero-order valence-electron chi connectivity index (χ0n) is 14.0. The van der Waals surface area contributed by atoms with Gasteiger partial charge in [-0.3, -0.25) is 0 Å². The molecule has 1 aromatic heterocycles. The van der Waals surface area contributed by atoms with E-state index in [0.29, 0.717) is 0 Å². The summed E-state index contributed by atoms with van der Waals surface area (Å²) in [5.74, 6) is 0. The van der Waals surface area contributed by atoms with Crippen molar-refractivity contribution in [1.29, 1.82) is 0 Å². The van der Waals surface area contributed by atoms with Crippen LogP contribution in [-0.2, 0) is 0 Å². The van der Waals surface area contributed by atoms with Crippen LogP contribution in [0.1, 0.15) is 35.4 Å². The normalized spacial score (nSPS) is 15.5. The van der Waals surface area contributed by atoms with E-state index in [4.69, 9.17) is 0 Å². The van der Waals surface area contributed by atoms with Crippen LogP contribution in [0.3, 0.4) is 0 Å². The summed E-state index contributed by atoms with van der Waals surface area (Å²) in [6.07, 6.45) is 8.29. The van der Waals surface area contributed by atoms with Crippen molar-refractivity contribution in [3.05, 3.63) is 58.6 Å². The van der Waals surface area contributed by atoms with Gasteiger partial charge < -0.3 is 4.90 Å². The predicted molar refractivity (Wildman–Crippen MR) is 106 cm³/mol. The van der Waals surface area contributed by atoms with E-state index in [1.165, 1.54) is 53.9 Å². The lowest BCUT2D eigenvalue weighted by Crippen LogP contribution is -2.29. The monoisotopic (exact) mass is 334 g/mol. The Kier molecular flexibility index (Phi) is 4.35. The molecule has 0 aliphatic carbocycles. The van der Waals surface area contributed by atoms with E-state index in [0.717, 1.165) is 10.5 Å². The molecule has 0 amide bonds. The molecule has 0 atom stereocenters. The van der Waals surface area contributed by atoms with Gasteiger partial charge >= 0.3 is 0 Å². The fourth-order valence-corrected chi connectivity index (χ4v) is 4.21. The van der Waals surface area contributed by atoms with Crippen LogP contribution in [0.5, 0.6) is 0 Å². The summed E-state index contributed by atoms with van der Waals surface area (Å²) in [5.41, 5.74) is 4.95. The molecule has 2 nitrogen and oxygen atoms in total. The average molecular weight is 334 g/mol. The van der Waals surface area contributed by atoms with Gasteiger partial charge in [0, 0.05) is 18.8 Å². The van der Waals surface area contributed by atoms with Gasteiger partial charge in [0.15, 0.2) is 0 Å². The van der Waals surface area contributed by atoms with Gasteiger partial charge in [0.1, 0.15) is 5.01 Å². The van der Waals surface area contributed by atoms with Crippen LogP contribution in [0.25, 0.3) is 22.4 Å². The standard InChI is InChI=1S/C21H22N2S/c1-16-5-11-19-20(15-16)24-21(22-19)12-8-17-6-9-18(10-7-17)23-13-3-2-4-14-23/h5-12,15H,2-4,13-14H2,1H3. The second-order valence-electron chi connectivity index (χ2n) is 6.50. The number of rotatable bonds is 3. The molecule has 3 heteroatoms. The molecule has 3 aromatic rings. The molecule has 24 heavy (non-hydrogen) atoms. The summed E-state index contributed by atoms with van der Waals surface area (Å²) >= 11 is 1.75. The maximum atomic E-state index is 4.68. The molecule has 0 N–H and O–H groups in total. The number of nitrogens with zero attached hydrogens (tertiary/aromatic N) is 2. The molecule has 0 spiro atoms. The van der Waals surface area contributed by atoms with Gasteiger partial charge in [-0.15, -0.1) is 11.3 Å². The largest absolute Gasteiger partial charge is 0.372 e. The highest BCUT2D eigenvalue weighted by Gasteiger charge is 2.10. The predicted octanol–water partition coefficient (Wildman–Crippen LogP) is 5.77. The van der Waals surface area contributed by atoms with Crippen molar-refractivity contribution in [2.24, 2.45) is 0 Å². The zero-order chi connectivity index (χ0) is 16.4. The van der Waals surface area contributed by atoms with E-state index in [1.54, 1.807) is 11.3 Å². The summed E-state index contributed by atoms with van der Waals surface area (Å²) < 4.78 is 1.26. The molecule has 0 saturated carbocycles. The summed E-state index contributed by atoms with van der Waals surface area (Å²) in [6.45, 7) is 4.51. The van der Waals surface area contributed by atoms with E-state index in [9.17, 15) is 0 Å². The molecular weight excluding hydrogens is 312 g/mol. The first-order chi connectivity index (χ1) is 11.8. The van der Waals surface area contributed by atoms with Crippen LogP contribution in [0.2, 0.25) is 0 Å². The summed E-state index contributed by atoms with van der Waals surface area (Å²) in [6, 6.07) is 15.3. The Labute approximate surface area is 147 Å². The number of benzene rings is 2. The van der Waals surface area contributed by atoms with Crippen LogP contribution in [0, 0.1) is 6.92 Å². The van der Waals surface area contributed by atoms with Gasteiger partial charge in [0.05, 0.1) is 10.2 Å². The average Bonchev–Trinajstić information content (AvgIpc) is 3.03. The van der Waals surface area contributed by atoms with Gasteiger partial charge in [0.25, 0.3) is 0 Å². The van der Waals surface area contributed by atoms with Crippen molar-refractivity contribution in [3.8, 4) is 0 Å². The van der Waals surface area contributed by atoms with Crippen LogP contribution >= 0.6 is 11.3 Å². The number of fused-ring (bicyclic) bond motifs is 1. The number of hydrogen-bond acceptors (Lipinski definition) is 3. The van der Waals surface area contributed by atoms with Crippen molar-refractivity contribution in [2.45, 2.75) is 26.2 Å². The van der Waals surface area contributed by atoms with Crippen LogP contribution in [0.4, 0.5) is 5.69 Å². The minimum Gasteiger partial charge on any atom is -0.372 e. The third-order valence-corrected chi connectivity index (χ3v) is 5.58. The molecule has 0 bridgehead atoms. The molecule has 0 unspecified atom stereocenters. The minimum absolute atomic E-state index is 1.07. The second-order valence-corrected chi connectivity index (χ2v) is 7.56. The van der Waals surface area contributed by atoms with Gasteiger partial charge in [-0.2, -0.15) is 0 Å². The topological polar surface area (TPSA) is 16.1 Å². The molecule has 1 aliphatic heterocycles. The lowest BCUT2D eigenvalue weighted by Gasteiger charge is -2.28. The molecule has 1 aliphatic rings. The Balaban J connectivity index is 1.50. The highest BCUT2D eigenvalue weighted by atomic mass is 32.1. The zero-order valence-corrected chi connectivity index (χ0v) is 14.9. The smallest absolute Gasteiger partial charge is 0.117 e. The van der Waals surface area contributed by atoms with E-state index < -0.39 is 0 Å². The number of piperidine rings is 1. The van der Waals surface area contributed by atoms with Crippen molar-refractivity contribution >= 4 is 39.4 Å². The Hall–Kier alpha value is -2.13. The SMILES string of the molecule is Cc1ccc2nc(C=Cc3ccc(N4CCCCC4)cc3)sc2c1. The Morgan fingerprint density at radius 1 is 0.958 bits per heavy atom. The van der Waals surface area contributed by atoms with Crippen LogP contribution in [-0.4, -0.2) is 18.1 Å². The highest BCUT2D eigenvalue weighted by Crippen LogP contribution is 2.25. The van der Waals surface area contributed by atoms with Gasteiger partial charge in [-0.1, -0.05) is 24.3 Å². The minimum atomic E-state index is 1.07. The van der Waals surface area contributed by atoms with Crippen molar-refractivity contribution in [2.75, 3.05) is 18.0 Å². The molecule has 2 aromatic carbocycles. The third-order valence-electron chi connectivity index (χ3n) is 4.59. The molecule has 1 saturated heterocycles. The van der Waals surface area contributed by atoms with Crippen molar-refractivity contribution in [3.63, 3.8) is 0 Å². The molecule has 122 valence electrons. The molecule has 4 rings (SSSR count). The first kappa shape index (κ1) is 15.4.